The average Bonchev–Trinajstić information content (AvgIpc) is 2.91. The zero-order valence-corrected chi connectivity index (χ0v) is 15.1. The summed E-state index contributed by atoms with van der Waals surface area (Å²) in [6, 6.07) is 17.3. The molecule has 1 aliphatic rings. The standard InChI is InChI=1S/C19H21BrN4/c20-15-8-9-18-17(11-15)22-19(21)24(18)16-7-4-10-23(13-16)12-14-5-2-1-3-6-14/h1-3,5-6,8-9,11,16H,4,7,10,12-13H2,(H2,21,22). The van der Waals surface area contributed by atoms with Crippen LogP contribution in [0.15, 0.2) is 53.0 Å². The third-order valence-electron chi connectivity index (χ3n) is 4.77. The van der Waals surface area contributed by atoms with Gasteiger partial charge in [-0.1, -0.05) is 46.3 Å². The van der Waals surface area contributed by atoms with Gasteiger partial charge in [0.2, 0.25) is 5.95 Å². The van der Waals surface area contributed by atoms with Crippen LogP contribution in [-0.2, 0) is 6.54 Å². The lowest BCUT2D eigenvalue weighted by Crippen LogP contribution is -2.36. The SMILES string of the molecule is Nc1nc2cc(Br)ccc2n1C1CCCN(Cc2ccccc2)C1. The Bertz CT molecular complexity index is 843. The first-order valence-electron chi connectivity index (χ1n) is 8.40. The van der Waals surface area contributed by atoms with Crippen molar-refractivity contribution in [1.29, 1.82) is 0 Å². The van der Waals surface area contributed by atoms with E-state index < -0.39 is 0 Å². The van der Waals surface area contributed by atoms with Gasteiger partial charge in [0.15, 0.2) is 0 Å². The van der Waals surface area contributed by atoms with E-state index in [1.54, 1.807) is 0 Å². The predicted octanol–water partition coefficient (Wildman–Crippen LogP) is 4.22. The molecule has 1 atom stereocenters. The largest absolute Gasteiger partial charge is 0.369 e. The van der Waals surface area contributed by atoms with Gasteiger partial charge in [-0.2, -0.15) is 0 Å². The number of nitrogens with zero attached hydrogens (tertiary/aromatic N) is 3. The van der Waals surface area contributed by atoms with E-state index in [1.165, 1.54) is 12.0 Å². The van der Waals surface area contributed by atoms with Crippen LogP contribution in [-0.4, -0.2) is 27.5 Å². The van der Waals surface area contributed by atoms with Crippen LogP contribution in [0.3, 0.4) is 0 Å². The molecular weight excluding hydrogens is 364 g/mol. The third kappa shape index (κ3) is 3.06. The number of hydrogen-bond acceptors (Lipinski definition) is 3. The molecule has 1 unspecified atom stereocenters. The van der Waals surface area contributed by atoms with E-state index in [0.717, 1.165) is 41.6 Å². The van der Waals surface area contributed by atoms with Crippen molar-refractivity contribution < 1.29 is 0 Å². The van der Waals surface area contributed by atoms with Gasteiger partial charge in [0, 0.05) is 23.6 Å². The van der Waals surface area contributed by atoms with Crippen LogP contribution in [0, 0.1) is 0 Å². The number of nitrogens with two attached hydrogens (primary N) is 1. The van der Waals surface area contributed by atoms with Crippen molar-refractivity contribution in [2.24, 2.45) is 0 Å². The summed E-state index contributed by atoms with van der Waals surface area (Å²) in [4.78, 5) is 7.07. The minimum absolute atomic E-state index is 0.383. The molecule has 0 radical (unpaired) electrons. The Morgan fingerprint density at radius 1 is 1.17 bits per heavy atom. The Balaban J connectivity index is 1.59. The summed E-state index contributed by atoms with van der Waals surface area (Å²) in [5, 5.41) is 0. The van der Waals surface area contributed by atoms with Crippen molar-refractivity contribution in [3.8, 4) is 0 Å². The minimum Gasteiger partial charge on any atom is -0.369 e. The first-order chi connectivity index (χ1) is 11.7. The molecule has 0 bridgehead atoms. The van der Waals surface area contributed by atoms with Crippen LogP contribution in [0.4, 0.5) is 5.95 Å². The molecule has 2 heterocycles. The highest BCUT2D eigenvalue weighted by molar-refractivity contribution is 9.10. The second-order valence-electron chi connectivity index (χ2n) is 6.49. The highest BCUT2D eigenvalue weighted by Gasteiger charge is 2.24. The number of piperidine rings is 1. The van der Waals surface area contributed by atoms with Gasteiger partial charge in [0.1, 0.15) is 0 Å². The van der Waals surface area contributed by atoms with Gasteiger partial charge in [0.05, 0.1) is 11.0 Å². The predicted molar refractivity (Wildman–Crippen MR) is 102 cm³/mol. The van der Waals surface area contributed by atoms with Crippen molar-refractivity contribution in [3.05, 3.63) is 58.6 Å². The van der Waals surface area contributed by atoms with Crippen LogP contribution >= 0.6 is 15.9 Å². The van der Waals surface area contributed by atoms with Crippen LogP contribution in [0.5, 0.6) is 0 Å². The number of fused-ring (bicyclic) bond motifs is 1. The molecule has 1 aromatic heterocycles. The van der Waals surface area contributed by atoms with Crippen LogP contribution < -0.4 is 5.73 Å². The number of aromatic nitrogens is 2. The average molecular weight is 385 g/mol. The summed E-state index contributed by atoms with van der Waals surface area (Å²) >= 11 is 3.51. The van der Waals surface area contributed by atoms with E-state index in [9.17, 15) is 0 Å². The fourth-order valence-electron chi connectivity index (χ4n) is 3.70. The number of halogens is 1. The first-order valence-corrected chi connectivity index (χ1v) is 9.19. The maximum atomic E-state index is 6.25. The zero-order valence-electron chi connectivity index (χ0n) is 13.5. The van der Waals surface area contributed by atoms with Gasteiger partial charge >= 0.3 is 0 Å². The quantitative estimate of drug-likeness (QED) is 0.735. The van der Waals surface area contributed by atoms with Crippen LogP contribution in [0.1, 0.15) is 24.4 Å². The fraction of sp³-hybridized carbons (Fsp3) is 0.316. The van der Waals surface area contributed by atoms with Crippen molar-refractivity contribution in [2.75, 3.05) is 18.8 Å². The highest BCUT2D eigenvalue weighted by Crippen LogP contribution is 2.30. The number of anilines is 1. The lowest BCUT2D eigenvalue weighted by Gasteiger charge is -2.34. The summed E-state index contributed by atoms with van der Waals surface area (Å²) < 4.78 is 3.26. The Hall–Kier alpha value is -1.85. The van der Waals surface area contributed by atoms with E-state index in [1.807, 2.05) is 6.07 Å². The van der Waals surface area contributed by atoms with E-state index in [4.69, 9.17) is 5.73 Å². The molecule has 5 heteroatoms. The highest BCUT2D eigenvalue weighted by atomic mass is 79.9. The van der Waals surface area contributed by atoms with Gasteiger partial charge in [0.25, 0.3) is 0 Å². The summed E-state index contributed by atoms with van der Waals surface area (Å²) in [6.07, 6.45) is 2.34. The number of nitrogen functional groups attached to an aromatic ring is 1. The number of hydrogen-bond donors (Lipinski definition) is 1. The van der Waals surface area contributed by atoms with Gasteiger partial charge in [-0.25, -0.2) is 4.98 Å². The van der Waals surface area contributed by atoms with Crippen molar-refractivity contribution >= 4 is 32.9 Å². The Morgan fingerprint density at radius 2 is 2.00 bits per heavy atom. The second-order valence-corrected chi connectivity index (χ2v) is 7.41. The number of benzene rings is 2. The molecule has 0 amide bonds. The van der Waals surface area contributed by atoms with Crippen molar-refractivity contribution in [1.82, 2.24) is 14.5 Å². The molecule has 1 saturated heterocycles. The maximum absolute atomic E-state index is 6.25. The molecule has 2 N–H and O–H groups in total. The van der Waals surface area contributed by atoms with Crippen molar-refractivity contribution in [2.45, 2.75) is 25.4 Å². The second kappa shape index (κ2) is 6.57. The van der Waals surface area contributed by atoms with Gasteiger partial charge in [-0.05, 0) is 43.1 Å². The minimum atomic E-state index is 0.383. The van der Waals surface area contributed by atoms with Gasteiger partial charge in [-0.15, -0.1) is 0 Å². The molecule has 124 valence electrons. The lowest BCUT2D eigenvalue weighted by molar-refractivity contribution is 0.173. The Morgan fingerprint density at radius 3 is 2.83 bits per heavy atom. The molecule has 4 nitrogen and oxygen atoms in total. The lowest BCUT2D eigenvalue weighted by atomic mass is 10.0. The zero-order chi connectivity index (χ0) is 16.5. The van der Waals surface area contributed by atoms with E-state index in [2.05, 4.69) is 72.8 Å². The topological polar surface area (TPSA) is 47.1 Å². The van der Waals surface area contributed by atoms with E-state index in [0.29, 0.717) is 12.0 Å². The molecular formula is C19H21BrN4. The van der Waals surface area contributed by atoms with Crippen molar-refractivity contribution in [3.63, 3.8) is 0 Å². The number of imidazole rings is 1. The fourth-order valence-corrected chi connectivity index (χ4v) is 4.05. The summed E-state index contributed by atoms with van der Waals surface area (Å²) in [6.45, 7) is 3.15. The monoisotopic (exact) mass is 384 g/mol. The molecule has 24 heavy (non-hydrogen) atoms. The van der Waals surface area contributed by atoms with Crippen LogP contribution in [0.25, 0.3) is 11.0 Å². The van der Waals surface area contributed by atoms with E-state index >= 15 is 0 Å². The summed E-state index contributed by atoms with van der Waals surface area (Å²) in [5.41, 5.74) is 9.70. The third-order valence-corrected chi connectivity index (χ3v) is 5.27. The molecule has 1 fully saturated rings. The molecule has 2 aromatic carbocycles. The summed E-state index contributed by atoms with van der Waals surface area (Å²) in [5.74, 6) is 0.620. The molecule has 0 saturated carbocycles. The van der Waals surface area contributed by atoms with E-state index in [-0.39, 0.29) is 0 Å². The van der Waals surface area contributed by atoms with Gasteiger partial charge < -0.3 is 10.3 Å². The first kappa shape index (κ1) is 15.7. The Labute approximate surface area is 150 Å². The number of rotatable bonds is 3. The molecule has 4 rings (SSSR count). The molecule has 0 aliphatic carbocycles. The maximum Gasteiger partial charge on any atom is 0.201 e. The smallest absolute Gasteiger partial charge is 0.201 e. The van der Waals surface area contributed by atoms with Gasteiger partial charge in [-0.3, -0.25) is 4.90 Å². The molecule has 0 spiro atoms. The molecule has 3 aromatic rings. The summed E-state index contributed by atoms with van der Waals surface area (Å²) in [7, 11) is 0. The van der Waals surface area contributed by atoms with Crippen LogP contribution in [0.2, 0.25) is 0 Å². The number of likely N-dealkylation sites (tertiary alicyclic amines) is 1. The normalized spacial score (nSPS) is 19.0. The Kier molecular flexibility index (Phi) is 4.29. The molecule has 1 aliphatic heterocycles.